The summed E-state index contributed by atoms with van der Waals surface area (Å²) >= 11 is 8.12. The zero-order valence-electron chi connectivity index (χ0n) is 21.1. The molecule has 2 heterocycles. The summed E-state index contributed by atoms with van der Waals surface area (Å²) in [5.41, 5.74) is 0.0300. The van der Waals surface area contributed by atoms with E-state index in [9.17, 15) is 9.90 Å². The van der Waals surface area contributed by atoms with E-state index in [1.54, 1.807) is 44.2 Å². The number of nitrogens with zero attached hydrogens (tertiary/aromatic N) is 2. The topological polar surface area (TPSA) is 71.9 Å². The molecule has 2 aromatic carbocycles. The highest BCUT2D eigenvalue weighted by atomic mass is 35.5. The maximum atomic E-state index is 15.6. The van der Waals surface area contributed by atoms with Crippen molar-refractivity contribution in [3.63, 3.8) is 0 Å². The van der Waals surface area contributed by atoms with Crippen LogP contribution < -0.4 is 9.47 Å². The van der Waals surface area contributed by atoms with Gasteiger partial charge in [-0.3, -0.25) is 9.78 Å². The first-order valence-electron chi connectivity index (χ1n) is 12.3. The largest absolute Gasteiger partial charge is 0.497 e. The van der Waals surface area contributed by atoms with Crippen LogP contribution in [0.15, 0.2) is 53.6 Å². The standard InChI is InChI=1S/C28H32ClFN2O4S/c1-35-19-4-3-5-21(16-19)37-15-14-32-12-10-28(11-13-32,27(33)34)9-8-24(30)26-22-17-20(36-2)6-7-25(22)31-18-23(26)29/h3-7,16-18,24H,8-15H2,1-2H3,(H,33,34). The van der Waals surface area contributed by atoms with Gasteiger partial charge in [0.2, 0.25) is 0 Å². The van der Waals surface area contributed by atoms with Gasteiger partial charge in [-0.25, -0.2) is 4.39 Å². The SMILES string of the molecule is COc1cccc(SCCN2CCC(CCC(F)c3c(Cl)cnc4ccc(OC)cc34)(C(=O)O)CC2)c1. The summed E-state index contributed by atoms with van der Waals surface area (Å²) in [5, 5.41) is 10.9. The Morgan fingerprint density at radius 1 is 1.19 bits per heavy atom. The molecule has 4 rings (SSSR count). The van der Waals surface area contributed by atoms with E-state index < -0.39 is 17.6 Å². The summed E-state index contributed by atoms with van der Waals surface area (Å²) < 4.78 is 26.2. The summed E-state index contributed by atoms with van der Waals surface area (Å²) in [7, 11) is 3.20. The van der Waals surface area contributed by atoms with Crippen molar-refractivity contribution in [3.8, 4) is 11.5 Å². The number of aromatic nitrogens is 1. The zero-order chi connectivity index (χ0) is 26.4. The predicted molar refractivity (Wildman–Crippen MR) is 146 cm³/mol. The number of methoxy groups -OCH3 is 2. The third kappa shape index (κ3) is 6.48. The summed E-state index contributed by atoms with van der Waals surface area (Å²) in [4.78, 5) is 20.1. The third-order valence-corrected chi connectivity index (χ3v) is 8.52. The van der Waals surface area contributed by atoms with E-state index >= 15 is 4.39 Å². The van der Waals surface area contributed by atoms with Gasteiger partial charge in [-0.15, -0.1) is 11.8 Å². The summed E-state index contributed by atoms with van der Waals surface area (Å²) in [6.45, 7) is 2.22. The van der Waals surface area contributed by atoms with Crippen LogP contribution in [0.4, 0.5) is 4.39 Å². The number of halogens is 2. The Kier molecular flexibility index (Phi) is 9.16. The van der Waals surface area contributed by atoms with Gasteiger partial charge < -0.3 is 19.5 Å². The molecule has 1 N–H and O–H groups in total. The van der Waals surface area contributed by atoms with Crippen molar-refractivity contribution in [2.75, 3.05) is 39.6 Å². The van der Waals surface area contributed by atoms with Crippen LogP contribution in [-0.2, 0) is 4.79 Å². The number of carboxylic acids is 1. The molecule has 1 atom stereocenters. The van der Waals surface area contributed by atoms with Gasteiger partial charge in [-0.2, -0.15) is 0 Å². The van der Waals surface area contributed by atoms with Gasteiger partial charge in [-0.1, -0.05) is 17.7 Å². The van der Waals surface area contributed by atoms with Crippen molar-refractivity contribution in [1.29, 1.82) is 0 Å². The molecule has 0 aliphatic carbocycles. The lowest BCUT2D eigenvalue weighted by atomic mass is 9.74. The number of pyridine rings is 1. The first kappa shape index (κ1) is 27.5. The molecule has 9 heteroatoms. The fraction of sp³-hybridized carbons (Fsp3) is 0.429. The highest BCUT2D eigenvalue weighted by Gasteiger charge is 2.41. The molecule has 0 radical (unpaired) electrons. The van der Waals surface area contributed by atoms with Crippen molar-refractivity contribution in [1.82, 2.24) is 9.88 Å². The molecule has 1 fully saturated rings. The quantitative estimate of drug-likeness (QED) is 0.270. The molecule has 0 amide bonds. The lowest BCUT2D eigenvalue weighted by Crippen LogP contribution is -2.45. The smallest absolute Gasteiger partial charge is 0.309 e. The molecule has 3 aromatic rings. The zero-order valence-corrected chi connectivity index (χ0v) is 22.7. The Hall–Kier alpha value is -2.55. The van der Waals surface area contributed by atoms with E-state index in [2.05, 4.69) is 16.0 Å². The minimum absolute atomic E-state index is 0.0774. The third-order valence-electron chi connectivity index (χ3n) is 7.24. The summed E-state index contributed by atoms with van der Waals surface area (Å²) in [6, 6.07) is 13.2. The van der Waals surface area contributed by atoms with Crippen molar-refractivity contribution < 1.29 is 23.8 Å². The number of hydrogen-bond donors (Lipinski definition) is 1. The van der Waals surface area contributed by atoms with E-state index in [1.807, 2.05) is 18.2 Å². The van der Waals surface area contributed by atoms with Gasteiger partial charge in [-0.05, 0) is 75.2 Å². The van der Waals surface area contributed by atoms with Crippen LogP contribution >= 0.6 is 23.4 Å². The molecule has 1 aliphatic heterocycles. The van der Waals surface area contributed by atoms with E-state index in [1.165, 1.54) is 6.20 Å². The molecule has 1 unspecified atom stereocenters. The average molecular weight is 547 g/mol. The minimum atomic E-state index is -1.40. The predicted octanol–water partition coefficient (Wildman–Crippen LogP) is 6.66. The Labute approximate surface area is 226 Å². The lowest BCUT2D eigenvalue weighted by Gasteiger charge is -2.39. The number of hydrogen-bond acceptors (Lipinski definition) is 6. The van der Waals surface area contributed by atoms with Crippen LogP contribution in [0.25, 0.3) is 10.9 Å². The van der Waals surface area contributed by atoms with Gasteiger partial charge in [0.05, 0.1) is 30.2 Å². The molecule has 1 aromatic heterocycles. The molecular weight excluding hydrogens is 515 g/mol. The number of carboxylic acid groups (broad SMARTS) is 1. The second-order valence-corrected chi connectivity index (χ2v) is 10.9. The van der Waals surface area contributed by atoms with Crippen LogP contribution in [0.3, 0.4) is 0 Å². The number of ether oxygens (including phenoxy) is 2. The summed E-state index contributed by atoms with van der Waals surface area (Å²) in [5.74, 6) is 1.47. The highest BCUT2D eigenvalue weighted by Crippen LogP contribution is 2.42. The molecule has 37 heavy (non-hydrogen) atoms. The average Bonchev–Trinajstić information content (AvgIpc) is 2.92. The van der Waals surface area contributed by atoms with Crippen molar-refractivity contribution in [2.24, 2.45) is 5.41 Å². The number of carbonyl (C=O) groups is 1. The monoisotopic (exact) mass is 546 g/mol. The van der Waals surface area contributed by atoms with Gasteiger partial charge in [0.25, 0.3) is 0 Å². The molecule has 0 bridgehead atoms. The number of benzene rings is 2. The number of aliphatic carboxylic acids is 1. The van der Waals surface area contributed by atoms with E-state index in [0.717, 1.165) is 22.9 Å². The van der Waals surface area contributed by atoms with Gasteiger partial charge >= 0.3 is 5.97 Å². The van der Waals surface area contributed by atoms with Crippen LogP contribution in [0.5, 0.6) is 11.5 Å². The maximum Gasteiger partial charge on any atom is 0.309 e. The van der Waals surface area contributed by atoms with E-state index in [-0.39, 0.29) is 17.9 Å². The van der Waals surface area contributed by atoms with E-state index in [0.29, 0.717) is 48.1 Å². The number of piperidine rings is 1. The Bertz CT molecular complexity index is 1240. The molecule has 198 valence electrons. The van der Waals surface area contributed by atoms with Crippen LogP contribution in [0, 0.1) is 5.41 Å². The van der Waals surface area contributed by atoms with Crippen molar-refractivity contribution in [3.05, 3.63) is 59.2 Å². The molecular formula is C28H32ClFN2O4S. The first-order valence-corrected chi connectivity index (χ1v) is 13.7. The normalized spacial score (nSPS) is 16.4. The summed E-state index contributed by atoms with van der Waals surface area (Å²) in [6.07, 6.45) is 1.37. The fourth-order valence-electron chi connectivity index (χ4n) is 4.92. The second kappa shape index (κ2) is 12.3. The number of alkyl halides is 1. The van der Waals surface area contributed by atoms with Crippen LogP contribution in [0.1, 0.15) is 37.4 Å². The van der Waals surface area contributed by atoms with Crippen LogP contribution in [0.2, 0.25) is 5.02 Å². The minimum Gasteiger partial charge on any atom is -0.497 e. The number of thioether (sulfide) groups is 1. The highest BCUT2D eigenvalue weighted by molar-refractivity contribution is 7.99. The number of rotatable bonds is 11. The van der Waals surface area contributed by atoms with Crippen molar-refractivity contribution >= 4 is 40.2 Å². The molecule has 0 spiro atoms. The lowest BCUT2D eigenvalue weighted by molar-refractivity contribution is -0.153. The molecule has 1 saturated heterocycles. The molecule has 1 aliphatic rings. The Balaban J connectivity index is 1.36. The molecule has 0 saturated carbocycles. The Morgan fingerprint density at radius 2 is 1.92 bits per heavy atom. The second-order valence-electron chi connectivity index (χ2n) is 9.36. The van der Waals surface area contributed by atoms with Crippen molar-refractivity contribution in [2.45, 2.75) is 36.8 Å². The van der Waals surface area contributed by atoms with Gasteiger partial charge in [0.15, 0.2) is 0 Å². The fourth-order valence-corrected chi connectivity index (χ4v) is 6.15. The molecule has 6 nitrogen and oxygen atoms in total. The van der Waals surface area contributed by atoms with Gasteiger partial charge in [0.1, 0.15) is 17.7 Å². The number of fused-ring (bicyclic) bond motifs is 1. The Morgan fingerprint density at radius 3 is 2.62 bits per heavy atom. The number of likely N-dealkylation sites (tertiary alicyclic amines) is 1. The maximum absolute atomic E-state index is 15.6. The van der Waals surface area contributed by atoms with Gasteiger partial charge in [0, 0.05) is 34.3 Å². The van der Waals surface area contributed by atoms with Crippen LogP contribution in [-0.4, -0.2) is 60.6 Å². The first-order chi connectivity index (χ1) is 17.8. The van der Waals surface area contributed by atoms with E-state index in [4.69, 9.17) is 21.1 Å².